The molecule has 1 fully saturated rings. The molecule has 1 aliphatic heterocycles. The van der Waals surface area contributed by atoms with E-state index in [1.807, 2.05) is 18.2 Å². The van der Waals surface area contributed by atoms with Crippen LogP contribution in [0.25, 0.3) is 0 Å². The fourth-order valence-corrected chi connectivity index (χ4v) is 3.71. The Morgan fingerprint density at radius 3 is 2.34 bits per heavy atom. The number of nitrogens with one attached hydrogen (secondary N) is 1. The molecule has 1 aliphatic rings. The van der Waals surface area contributed by atoms with Crippen molar-refractivity contribution in [2.24, 2.45) is 0 Å². The van der Waals surface area contributed by atoms with E-state index in [0.717, 1.165) is 31.9 Å². The zero-order valence-electron chi connectivity index (χ0n) is 16.1. The van der Waals surface area contributed by atoms with Crippen LogP contribution in [0.3, 0.4) is 0 Å². The summed E-state index contributed by atoms with van der Waals surface area (Å²) < 4.78 is 18.8. The van der Waals surface area contributed by atoms with Gasteiger partial charge in [-0.3, -0.25) is 9.69 Å². The van der Waals surface area contributed by atoms with Crippen LogP contribution >= 0.6 is 0 Å². The van der Waals surface area contributed by atoms with Crippen molar-refractivity contribution in [2.45, 2.75) is 6.04 Å². The summed E-state index contributed by atoms with van der Waals surface area (Å²) in [5.74, 6) is 0.258. The molecule has 1 saturated heterocycles. The Morgan fingerprint density at radius 2 is 1.69 bits per heavy atom. The van der Waals surface area contributed by atoms with Crippen LogP contribution in [-0.4, -0.2) is 43.5 Å². The summed E-state index contributed by atoms with van der Waals surface area (Å²) in [6.45, 7) is 3.98. The van der Waals surface area contributed by atoms with Gasteiger partial charge in [0.25, 0.3) is 5.91 Å². The molecule has 4 rings (SSSR count). The molecule has 0 bridgehead atoms. The molecule has 2 heterocycles. The quantitative estimate of drug-likeness (QED) is 0.694. The molecule has 1 atom stereocenters. The Kier molecular flexibility index (Phi) is 5.91. The van der Waals surface area contributed by atoms with Gasteiger partial charge in [-0.05, 0) is 48.5 Å². The summed E-state index contributed by atoms with van der Waals surface area (Å²) >= 11 is 0. The minimum absolute atomic E-state index is 0.0488. The van der Waals surface area contributed by atoms with Gasteiger partial charge in [0, 0.05) is 44.0 Å². The van der Waals surface area contributed by atoms with Crippen LogP contribution in [0.1, 0.15) is 22.2 Å². The Labute approximate surface area is 169 Å². The smallest absolute Gasteiger partial charge is 0.251 e. The second kappa shape index (κ2) is 8.92. The number of amides is 1. The van der Waals surface area contributed by atoms with Crippen LogP contribution in [0.4, 0.5) is 10.1 Å². The van der Waals surface area contributed by atoms with Crippen LogP contribution in [0.2, 0.25) is 0 Å². The average Bonchev–Trinajstić information content (AvgIpc) is 3.30. The van der Waals surface area contributed by atoms with Gasteiger partial charge in [0.2, 0.25) is 0 Å². The van der Waals surface area contributed by atoms with Gasteiger partial charge in [0.15, 0.2) is 0 Å². The van der Waals surface area contributed by atoms with E-state index in [4.69, 9.17) is 4.42 Å². The summed E-state index contributed by atoms with van der Waals surface area (Å²) in [4.78, 5) is 17.2. The third kappa shape index (κ3) is 4.66. The van der Waals surface area contributed by atoms with Crippen molar-refractivity contribution < 1.29 is 13.6 Å². The third-order valence-corrected chi connectivity index (χ3v) is 5.31. The van der Waals surface area contributed by atoms with Gasteiger partial charge in [-0.2, -0.15) is 0 Å². The average molecular weight is 393 g/mol. The first-order valence-corrected chi connectivity index (χ1v) is 9.82. The zero-order chi connectivity index (χ0) is 20.1. The summed E-state index contributed by atoms with van der Waals surface area (Å²) in [6, 6.07) is 19.7. The number of halogens is 1. The molecule has 0 unspecified atom stereocenters. The van der Waals surface area contributed by atoms with Crippen LogP contribution < -0.4 is 10.2 Å². The predicted octanol–water partition coefficient (Wildman–Crippen LogP) is 3.71. The van der Waals surface area contributed by atoms with Gasteiger partial charge >= 0.3 is 0 Å². The van der Waals surface area contributed by atoms with Crippen molar-refractivity contribution in [3.63, 3.8) is 0 Å². The van der Waals surface area contributed by atoms with Crippen LogP contribution in [0.5, 0.6) is 0 Å². The molecule has 29 heavy (non-hydrogen) atoms. The molecule has 2 aromatic carbocycles. The normalized spacial score (nSPS) is 15.8. The van der Waals surface area contributed by atoms with Crippen molar-refractivity contribution in [1.82, 2.24) is 10.2 Å². The molecule has 3 aromatic rings. The SMILES string of the molecule is O=C(NC[C@H](c1ccco1)N1CCN(c2ccccc2)CC1)c1ccc(F)cc1. The van der Waals surface area contributed by atoms with E-state index in [1.54, 1.807) is 6.26 Å². The third-order valence-electron chi connectivity index (χ3n) is 5.31. The highest BCUT2D eigenvalue weighted by Crippen LogP contribution is 2.24. The molecule has 1 aromatic heterocycles. The van der Waals surface area contributed by atoms with Crippen molar-refractivity contribution in [3.8, 4) is 0 Å². The van der Waals surface area contributed by atoms with Gasteiger partial charge in [-0.25, -0.2) is 4.39 Å². The lowest BCUT2D eigenvalue weighted by molar-refractivity contribution is 0.0923. The van der Waals surface area contributed by atoms with Crippen LogP contribution in [0, 0.1) is 5.82 Å². The van der Waals surface area contributed by atoms with Crippen LogP contribution in [-0.2, 0) is 0 Å². The molecule has 5 nitrogen and oxygen atoms in total. The fourth-order valence-electron chi connectivity index (χ4n) is 3.71. The number of nitrogens with zero attached hydrogens (tertiary/aromatic N) is 2. The predicted molar refractivity (Wildman–Crippen MR) is 110 cm³/mol. The molecular formula is C23H24FN3O2. The van der Waals surface area contributed by atoms with E-state index >= 15 is 0 Å². The number of anilines is 1. The Morgan fingerprint density at radius 1 is 0.966 bits per heavy atom. The van der Waals surface area contributed by atoms with E-state index in [9.17, 15) is 9.18 Å². The number of benzene rings is 2. The van der Waals surface area contributed by atoms with E-state index in [2.05, 4.69) is 39.4 Å². The largest absolute Gasteiger partial charge is 0.468 e. The summed E-state index contributed by atoms with van der Waals surface area (Å²) in [6.07, 6.45) is 1.66. The molecule has 0 spiro atoms. The molecule has 0 aliphatic carbocycles. The number of furan rings is 1. The number of rotatable bonds is 6. The van der Waals surface area contributed by atoms with Crippen LogP contribution in [0.15, 0.2) is 77.4 Å². The van der Waals surface area contributed by atoms with Crippen molar-refractivity contribution in [3.05, 3.63) is 90.1 Å². The molecule has 0 radical (unpaired) electrons. The lowest BCUT2D eigenvalue weighted by atomic mass is 10.1. The Balaban J connectivity index is 1.40. The fraction of sp³-hybridized carbons (Fsp3) is 0.261. The highest BCUT2D eigenvalue weighted by atomic mass is 19.1. The monoisotopic (exact) mass is 393 g/mol. The first-order chi connectivity index (χ1) is 14.2. The Bertz CT molecular complexity index is 905. The summed E-state index contributed by atoms with van der Waals surface area (Å²) in [5.41, 5.74) is 1.67. The van der Waals surface area contributed by atoms with Gasteiger partial charge in [-0.15, -0.1) is 0 Å². The second-order valence-corrected chi connectivity index (χ2v) is 7.11. The van der Waals surface area contributed by atoms with E-state index in [1.165, 1.54) is 30.0 Å². The number of piperazine rings is 1. The molecule has 1 amide bonds. The standard InChI is InChI=1S/C23H24FN3O2/c24-19-10-8-18(9-11-19)23(28)25-17-21(22-7-4-16-29-22)27-14-12-26(13-15-27)20-5-2-1-3-6-20/h1-11,16,21H,12-15,17H2,(H,25,28)/t21-/m1/s1. The molecular weight excluding hydrogens is 369 g/mol. The first-order valence-electron chi connectivity index (χ1n) is 9.82. The minimum atomic E-state index is -0.355. The van der Waals surface area contributed by atoms with Gasteiger partial charge < -0.3 is 14.6 Å². The number of para-hydroxylation sites is 1. The first kappa shape index (κ1) is 19.2. The second-order valence-electron chi connectivity index (χ2n) is 7.11. The number of hydrogen-bond acceptors (Lipinski definition) is 4. The molecule has 0 saturated carbocycles. The zero-order valence-corrected chi connectivity index (χ0v) is 16.1. The van der Waals surface area contributed by atoms with E-state index in [-0.39, 0.29) is 17.8 Å². The van der Waals surface area contributed by atoms with E-state index < -0.39 is 0 Å². The highest BCUT2D eigenvalue weighted by molar-refractivity contribution is 5.94. The van der Waals surface area contributed by atoms with Crippen molar-refractivity contribution >= 4 is 11.6 Å². The molecule has 1 N–H and O–H groups in total. The lowest BCUT2D eigenvalue weighted by Gasteiger charge is -2.39. The maximum Gasteiger partial charge on any atom is 0.251 e. The van der Waals surface area contributed by atoms with Gasteiger partial charge in [-0.1, -0.05) is 18.2 Å². The lowest BCUT2D eigenvalue weighted by Crippen LogP contribution is -2.49. The molecule has 150 valence electrons. The van der Waals surface area contributed by atoms with Crippen molar-refractivity contribution in [2.75, 3.05) is 37.6 Å². The van der Waals surface area contributed by atoms with Crippen molar-refractivity contribution in [1.29, 1.82) is 0 Å². The maximum atomic E-state index is 13.1. The maximum absolute atomic E-state index is 13.1. The van der Waals surface area contributed by atoms with Gasteiger partial charge in [0.05, 0.1) is 12.3 Å². The Hall–Kier alpha value is -3.12. The minimum Gasteiger partial charge on any atom is -0.468 e. The number of hydrogen-bond donors (Lipinski definition) is 1. The van der Waals surface area contributed by atoms with Gasteiger partial charge in [0.1, 0.15) is 11.6 Å². The van der Waals surface area contributed by atoms with E-state index in [0.29, 0.717) is 12.1 Å². The molecule has 6 heteroatoms. The topological polar surface area (TPSA) is 48.7 Å². The number of carbonyl (C=O) groups excluding carboxylic acids is 1. The number of carbonyl (C=O) groups is 1. The highest BCUT2D eigenvalue weighted by Gasteiger charge is 2.27. The summed E-state index contributed by atoms with van der Waals surface area (Å²) in [5, 5.41) is 2.97. The summed E-state index contributed by atoms with van der Waals surface area (Å²) in [7, 11) is 0.